The summed E-state index contributed by atoms with van der Waals surface area (Å²) in [5.41, 5.74) is 0. The van der Waals surface area contributed by atoms with Crippen molar-refractivity contribution >= 4 is 0 Å². The molecular formula is C2H3FNXe+. The van der Waals surface area contributed by atoms with Crippen molar-refractivity contribution in [3.8, 4) is 6.07 Å². The molecule has 0 amide bonds. The Hall–Kier alpha value is 0.991. The molecule has 0 heterocycles. The molecule has 0 atom stereocenters. The summed E-state index contributed by atoms with van der Waals surface area (Å²) in [5, 5.41) is 0. The first kappa shape index (κ1) is 5.99. The van der Waals surface area contributed by atoms with Crippen LogP contribution in [0.15, 0.2) is 0 Å². The van der Waals surface area contributed by atoms with Gasteiger partial charge in [-0.2, -0.15) is 0 Å². The van der Waals surface area contributed by atoms with Gasteiger partial charge in [0, 0.05) is 0 Å². The van der Waals surface area contributed by atoms with E-state index < -0.39 is 45.5 Å². The minimum absolute atomic E-state index is 1.24. The molecule has 0 spiro atoms. The second-order valence-electron chi connectivity index (χ2n) is 0.362. The van der Waals surface area contributed by atoms with Crippen molar-refractivity contribution < 1.29 is 45.6 Å². The van der Waals surface area contributed by atoms with Gasteiger partial charge in [-0.3, -0.25) is 0 Å². The predicted octanol–water partition coefficient (Wildman–Crippen LogP) is 1.22. The Labute approximate surface area is 57.4 Å². The van der Waals surface area contributed by atoms with Crippen LogP contribution in [0.1, 0.15) is 6.92 Å². The van der Waals surface area contributed by atoms with Gasteiger partial charge in [0.05, 0.1) is 0 Å². The average molecular weight is 191 g/mol. The molecule has 5 heavy (non-hydrogen) atoms. The summed E-state index contributed by atoms with van der Waals surface area (Å²) in [6, 6.07) is 2.31. The molecule has 0 aromatic rings. The second kappa shape index (κ2) is 4.99. The van der Waals surface area contributed by atoms with E-state index in [1.165, 1.54) is 0 Å². The molecule has 0 fully saturated rings. The maximum atomic E-state index is 10.9. The normalized spacial score (nSPS) is 6.00. The first-order valence-electron chi connectivity index (χ1n) is 1.02. The fourth-order valence-electron chi connectivity index (χ4n) is 0.0299. The van der Waals surface area contributed by atoms with Gasteiger partial charge in [-0.1, -0.05) is 0 Å². The predicted molar refractivity (Wildman–Crippen MR) is 14.0 cm³/mol. The summed E-state index contributed by atoms with van der Waals surface area (Å²) >= 11 is -1.24. The third kappa shape index (κ3) is 4.99. The Morgan fingerprint density at radius 1 is 2.00 bits per heavy atom. The Bertz CT molecular complexity index is 61.8. The number of nitrogens with zero attached hydrogens (tertiary/aromatic N) is 1. The second-order valence-corrected chi connectivity index (χ2v) is 1.15. The standard InChI is InChI=1S/C2H3FNXe/c1-2-4-5-3/h1H3/q+1. The van der Waals surface area contributed by atoms with Gasteiger partial charge in [0.25, 0.3) is 0 Å². The summed E-state index contributed by atoms with van der Waals surface area (Å²) in [5.74, 6) is 0. The van der Waals surface area contributed by atoms with Crippen molar-refractivity contribution in [2.24, 2.45) is 0 Å². The topological polar surface area (TPSA) is 4.36 Å². The zero-order valence-electron chi connectivity index (χ0n) is 2.68. The van der Waals surface area contributed by atoms with Gasteiger partial charge in [-0.05, 0) is 0 Å². The van der Waals surface area contributed by atoms with Gasteiger partial charge in [0.1, 0.15) is 0 Å². The van der Waals surface area contributed by atoms with Crippen molar-refractivity contribution in [1.82, 2.24) is 0 Å². The van der Waals surface area contributed by atoms with E-state index in [2.05, 4.69) is 5.93 Å². The zero-order chi connectivity index (χ0) is 4.12. The number of hydrogen-bond donors (Lipinski definition) is 0. The molecular weight excluding hydrogens is 188 g/mol. The van der Waals surface area contributed by atoms with Gasteiger partial charge >= 0.3 is 58.5 Å². The molecule has 0 radical (unpaired) electrons. The van der Waals surface area contributed by atoms with Gasteiger partial charge in [0.2, 0.25) is 0 Å². The zero-order valence-corrected chi connectivity index (χ0v) is 4.70. The van der Waals surface area contributed by atoms with E-state index >= 15 is 0 Å². The van der Waals surface area contributed by atoms with Crippen LogP contribution in [-0.4, -0.2) is 0 Å². The van der Waals surface area contributed by atoms with Crippen LogP contribution in [-0.2, 0) is 0 Å². The molecule has 0 saturated carbocycles. The molecule has 0 aromatic heterocycles. The fraction of sp³-hybridized carbons (Fsp3) is 0.500. The van der Waals surface area contributed by atoms with E-state index in [0.29, 0.717) is 0 Å². The summed E-state index contributed by atoms with van der Waals surface area (Å²) in [7, 11) is 0. The molecule has 0 N–H and O–H groups in total. The molecule has 0 aliphatic carbocycles. The van der Waals surface area contributed by atoms with Crippen LogP contribution in [0, 0.1) is 51.6 Å². The van der Waals surface area contributed by atoms with Crippen molar-refractivity contribution in [2.45, 2.75) is 6.92 Å². The Kier molecular flexibility index (Phi) is 5.98. The van der Waals surface area contributed by atoms with Gasteiger partial charge < -0.3 is 0 Å². The quantitative estimate of drug-likeness (QED) is 0.542. The van der Waals surface area contributed by atoms with Crippen molar-refractivity contribution in [1.29, 1.82) is 0 Å². The third-order valence-electron chi connectivity index (χ3n) is 0.109. The van der Waals surface area contributed by atoms with Gasteiger partial charge in [-0.25, -0.2) is 0 Å². The molecule has 1 nitrogen and oxygen atoms in total. The monoisotopic (exact) mass is 192 g/mol. The number of rotatable bonds is 0. The summed E-state index contributed by atoms with van der Waals surface area (Å²) in [6.45, 7) is 1.58. The summed E-state index contributed by atoms with van der Waals surface area (Å²) < 4.78 is 14.0. The molecule has 0 saturated heterocycles. The number of hydrogen-bond acceptors (Lipinski definition) is 0. The first-order valence-corrected chi connectivity index (χ1v) is 2.68. The minimum atomic E-state index is -1.24. The molecule has 0 bridgehead atoms. The van der Waals surface area contributed by atoms with E-state index in [-0.39, 0.29) is 0 Å². The van der Waals surface area contributed by atoms with Crippen LogP contribution >= 0.6 is 0 Å². The Morgan fingerprint density at radius 2 is 2.60 bits per heavy atom. The van der Waals surface area contributed by atoms with Crippen LogP contribution in [0.5, 0.6) is 0 Å². The van der Waals surface area contributed by atoms with Crippen LogP contribution in [0.2, 0.25) is 0 Å². The number of halogens is 1. The molecule has 3 heteroatoms. The molecule has 0 unspecified atom stereocenters. The van der Waals surface area contributed by atoms with Gasteiger partial charge in [-0.15, -0.1) is 0 Å². The third-order valence-corrected chi connectivity index (χ3v) is 0.731. The fourth-order valence-corrected chi connectivity index (χ4v) is 0.200. The van der Waals surface area contributed by atoms with Gasteiger partial charge in [0.15, 0.2) is 0 Å². The molecule has 0 aliphatic heterocycles. The maximum absolute atomic E-state index is 10.9. The molecule has 0 aliphatic rings. The van der Waals surface area contributed by atoms with Crippen molar-refractivity contribution in [2.75, 3.05) is 0 Å². The molecule has 0 aromatic carbocycles. The average Bonchev–Trinajstić information content (AvgIpc) is 1.41. The molecule has 0 rings (SSSR count). The van der Waals surface area contributed by atoms with Crippen LogP contribution in [0.4, 0.5) is 0.0835 Å². The van der Waals surface area contributed by atoms with Crippen LogP contribution < -0.4 is 0 Å². The van der Waals surface area contributed by atoms with Crippen molar-refractivity contribution in [3.05, 3.63) is -0.143 Å². The van der Waals surface area contributed by atoms with Crippen LogP contribution in [0.25, 0.3) is -0.143 Å². The summed E-state index contributed by atoms with van der Waals surface area (Å²) in [6.07, 6.45) is 0. The van der Waals surface area contributed by atoms with Crippen molar-refractivity contribution in [3.63, 3.8) is 0 Å². The van der Waals surface area contributed by atoms with E-state index in [9.17, 15) is 0.0835 Å². The van der Waals surface area contributed by atoms with E-state index in [4.69, 9.17) is 0 Å². The van der Waals surface area contributed by atoms with Crippen LogP contribution in [0.3, 0.4) is 0 Å². The van der Waals surface area contributed by atoms with E-state index in [0.717, 1.165) is 0 Å². The first-order chi connectivity index (χ1) is 2.41. The molecule has 30 valence electrons. The Balaban J connectivity index is 2.81. The SMILES string of the molecule is CC#[N+][Xe]F. The van der Waals surface area contributed by atoms with E-state index in [1.54, 1.807) is 6.92 Å². The Morgan fingerprint density at radius 3 is 2.60 bits per heavy atom. The van der Waals surface area contributed by atoms with E-state index in [1.807, 2.05) is 0 Å². The summed E-state index contributed by atoms with van der Waals surface area (Å²) in [4.78, 5) is 0.